The summed E-state index contributed by atoms with van der Waals surface area (Å²) in [4.78, 5) is 23.9. The molecule has 2 rings (SSSR count). The summed E-state index contributed by atoms with van der Waals surface area (Å²) in [6, 6.07) is 0. The van der Waals surface area contributed by atoms with Gasteiger partial charge in [-0.1, -0.05) is 44.7 Å². The third-order valence-corrected chi connectivity index (χ3v) is 5.68. The lowest BCUT2D eigenvalue weighted by Gasteiger charge is -2.17. The first-order valence-electron chi connectivity index (χ1n) is 9.39. The Hall–Kier alpha value is -0.180. The zero-order chi connectivity index (χ0) is 18.8. The van der Waals surface area contributed by atoms with Gasteiger partial charge in [0.25, 0.3) is 0 Å². The number of esters is 2. The highest BCUT2D eigenvalue weighted by Gasteiger charge is 2.51. The van der Waals surface area contributed by atoms with Crippen LogP contribution in [0.2, 0.25) is 0 Å². The Balaban J connectivity index is 1.68. The molecule has 0 aromatic heterocycles. The largest absolute Gasteiger partial charge is 0.457 e. The van der Waals surface area contributed by atoms with Gasteiger partial charge in [-0.25, -0.2) is 0 Å². The summed E-state index contributed by atoms with van der Waals surface area (Å²) in [7, 11) is 0. The molecule has 4 atom stereocenters. The number of rotatable bonds is 12. The van der Waals surface area contributed by atoms with Gasteiger partial charge in [0.2, 0.25) is 0 Å². The van der Waals surface area contributed by atoms with Gasteiger partial charge < -0.3 is 18.9 Å². The molecule has 0 amide bonds. The molecule has 0 saturated carbocycles. The monoisotopic (exact) mass is 498 g/mol. The van der Waals surface area contributed by atoms with Gasteiger partial charge in [-0.05, 0) is 25.7 Å². The molecule has 2 heterocycles. The van der Waals surface area contributed by atoms with E-state index in [1.165, 1.54) is 0 Å². The fourth-order valence-electron chi connectivity index (χ4n) is 3.17. The van der Waals surface area contributed by atoms with Crippen LogP contribution >= 0.6 is 31.9 Å². The van der Waals surface area contributed by atoms with E-state index in [9.17, 15) is 9.59 Å². The molecule has 6 nitrogen and oxygen atoms in total. The maximum Gasteiger partial charge on any atom is 0.306 e. The first-order chi connectivity index (χ1) is 12.7. The predicted molar refractivity (Wildman–Crippen MR) is 104 cm³/mol. The SMILES string of the molecule is O=C(CCCCCBr)O[C@@H]1CO[C@H]2[C@@H]1OC[C@H]2OC(=O)CCCCCBr. The summed E-state index contributed by atoms with van der Waals surface area (Å²) >= 11 is 6.75. The number of unbranched alkanes of at least 4 members (excludes halogenated alkanes) is 4. The molecule has 8 heteroatoms. The lowest BCUT2D eigenvalue weighted by molar-refractivity contribution is -0.155. The molecule has 26 heavy (non-hydrogen) atoms. The Labute approximate surface area is 171 Å². The van der Waals surface area contributed by atoms with Crippen LogP contribution in [-0.4, -0.2) is 60.2 Å². The quantitative estimate of drug-likeness (QED) is 0.232. The second-order valence-electron chi connectivity index (χ2n) is 6.65. The standard InChI is InChI=1S/C18H28Br2O6/c19-9-5-1-3-7-15(21)25-13-11-23-18-14(12-24-17(13)18)26-16(22)8-4-2-6-10-20/h13-14,17-18H,1-12H2/t13-,14-,17-,18-/m1/s1. The van der Waals surface area contributed by atoms with E-state index in [1.807, 2.05) is 0 Å². The average Bonchev–Trinajstić information content (AvgIpc) is 3.20. The number of hydrogen-bond acceptors (Lipinski definition) is 6. The zero-order valence-corrected chi connectivity index (χ0v) is 18.2. The third kappa shape index (κ3) is 7.09. The maximum atomic E-state index is 11.9. The van der Waals surface area contributed by atoms with Gasteiger partial charge in [0, 0.05) is 23.5 Å². The molecular weight excluding hydrogens is 472 g/mol. The Kier molecular flexibility index (Phi) is 10.5. The van der Waals surface area contributed by atoms with E-state index in [4.69, 9.17) is 18.9 Å². The highest BCUT2D eigenvalue weighted by Crippen LogP contribution is 2.31. The van der Waals surface area contributed by atoms with Gasteiger partial charge in [-0.3, -0.25) is 9.59 Å². The summed E-state index contributed by atoms with van der Waals surface area (Å²) in [5, 5.41) is 1.90. The lowest BCUT2D eigenvalue weighted by atomic mass is 10.1. The first kappa shape index (κ1) is 22.1. The van der Waals surface area contributed by atoms with Crippen LogP contribution in [0.25, 0.3) is 0 Å². The van der Waals surface area contributed by atoms with E-state index < -0.39 is 12.2 Å². The lowest BCUT2D eigenvalue weighted by Crippen LogP contribution is -2.35. The molecular formula is C18H28Br2O6. The van der Waals surface area contributed by atoms with Crippen LogP contribution in [-0.2, 0) is 28.5 Å². The van der Waals surface area contributed by atoms with Crippen LogP contribution in [0.4, 0.5) is 0 Å². The first-order valence-corrected chi connectivity index (χ1v) is 11.6. The van der Waals surface area contributed by atoms with Gasteiger partial charge in [-0.15, -0.1) is 0 Å². The predicted octanol–water partition coefficient (Wildman–Crippen LogP) is 3.52. The smallest absolute Gasteiger partial charge is 0.306 e. The average molecular weight is 500 g/mol. The molecule has 150 valence electrons. The minimum absolute atomic E-state index is 0.218. The summed E-state index contributed by atoms with van der Waals surface area (Å²) in [5.41, 5.74) is 0. The van der Waals surface area contributed by atoms with Crippen LogP contribution in [0, 0.1) is 0 Å². The van der Waals surface area contributed by atoms with Crippen molar-refractivity contribution in [3.8, 4) is 0 Å². The molecule has 0 unspecified atom stereocenters. The summed E-state index contributed by atoms with van der Waals surface area (Å²) < 4.78 is 22.4. The van der Waals surface area contributed by atoms with Gasteiger partial charge in [0.1, 0.15) is 12.2 Å². The summed E-state index contributed by atoms with van der Waals surface area (Å²) in [6.45, 7) is 0.587. The second-order valence-corrected chi connectivity index (χ2v) is 8.24. The minimum atomic E-state index is -0.411. The van der Waals surface area contributed by atoms with Gasteiger partial charge in [0.15, 0.2) is 12.2 Å². The molecule has 0 aromatic carbocycles. The number of ether oxygens (including phenoxy) is 4. The van der Waals surface area contributed by atoms with Crippen molar-refractivity contribution in [2.24, 2.45) is 0 Å². The highest BCUT2D eigenvalue weighted by molar-refractivity contribution is 9.09. The van der Waals surface area contributed by atoms with Crippen LogP contribution in [0.1, 0.15) is 51.4 Å². The molecule has 0 aromatic rings. The molecule has 2 aliphatic heterocycles. The fourth-order valence-corrected chi connectivity index (χ4v) is 3.96. The molecule has 0 bridgehead atoms. The number of fused-ring (bicyclic) bond motifs is 1. The Morgan fingerprint density at radius 2 is 1.15 bits per heavy atom. The van der Waals surface area contributed by atoms with Crippen LogP contribution < -0.4 is 0 Å². The molecule has 0 spiro atoms. The Bertz CT molecular complexity index is 407. The van der Waals surface area contributed by atoms with Crippen molar-refractivity contribution in [3.63, 3.8) is 0 Å². The zero-order valence-electron chi connectivity index (χ0n) is 15.0. The van der Waals surface area contributed by atoms with Crippen molar-refractivity contribution in [1.29, 1.82) is 0 Å². The molecule has 0 N–H and O–H groups in total. The normalized spacial score (nSPS) is 27.3. The summed E-state index contributed by atoms with van der Waals surface area (Å²) in [5.74, 6) is -0.436. The molecule has 0 aliphatic carbocycles. The van der Waals surface area contributed by atoms with Crippen LogP contribution in [0.5, 0.6) is 0 Å². The van der Waals surface area contributed by atoms with Crippen molar-refractivity contribution < 1.29 is 28.5 Å². The van der Waals surface area contributed by atoms with E-state index >= 15 is 0 Å². The van der Waals surface area contributed by atoms with Crippen LogP contribution in [0.3, 0.4) is 0 Å². The second kappa shape index (κ2) is 12.3. The molecule has 2 fully saturated rings. The molecule has 2 saturated heterocycles. The van der Waals surface area contributed by atoms with Gasteiger partial charge >= 0.3 is 11.9 Å². The van der Waals surface area contributed by atoms with E-state index in [0.717, 1.165) is 49.2 Å². The number of alkyl halides is 2. The fraction of sp³-hybridized carbons (Fsp3) is 0.889. The van der Waals surface area contributed by atoms with Crippen molar-refractivity contribution in [2.45, 2.75) is 75.8 Å². The topological polar surface area (TPSA) is 71.1 Å². The van der Waals surface area contributed by atoms with E-state index in [0.29, 0.717) is 26.1 Å². The number of hydrogen-bond donors (Lipinski definition) is 0. The maximum absolute atomic E-state index is 11.9. The molecule has 0 radical (unpaired) electrons. The van der Waals surface area contributed by atoms with Crippen molar-refractivity contribution in [3.05, 3.63) is 0 Å². The number of halogens is 2. The number of carbonyl (C=O) groups excluding carboxylic acids is 2. The van der Waals surface area contributed by atoms with E-state index in [1.54, 1.807) is 0 Å². The van der Waals surface area contributed by atoms with Crippen molar-refractivity contribution in [1.82, 2.24) is 0 Å². The Morgan fingerprint density at radius 1 is 0.731 bits per heavy atom. The van der Waals surface area contributed by atoms with Crippen molar-refractivity contribution in [2.75, 3.05) is 23.9 Å². The van der Waals surface area contributed by atoms with Crippen molar-refractivity contribution >= 4 is 43.8 Å². The number of carbonyl (C=O) groups is 2. The molecule has 2 aliphatic rings. The highest BCUT2D eigenvalue weighted by atomic mass is 79.9. The minimum Gasteiger partial charge on any atom is -0.457 e. The van der Waals surface area contributed by atoms with E-state index in [-0.39, 0.29) is 24.1 Å². The summed E-state index contributed by atoms with van der Waals surface area (Å²) in [6.07, 6.45) is 5.06. The third-order valence-electron chi connectivity index (χ3n) is 4.56. The van der Waals surface area contributed by atoms with Gasteiger partial charge in [-0.2, -0.15) is 0 Å². The van der Waals surface area contributed by atoms with Crippen LogP contribution in [0.15, 0.2) is 0 Å². The Morgan fingerprint density at radius 3 is 1.54 bits per heavy atom. The van der Waals surface area contributed by atoms with E-state index in [2.05, 4.69) is 31.9 Å². The van der Waals surface area contributed by atoms with Gasteiger partial charge in [0.05, 0.1) is 13.2 Å².